The van der Waals surface area contributed by atoms with Crippen molar-refractivity contribution in [3.05, 3.63) is 11.8 Å². The first-order valence-electron chi connectivity index (χ1n) is 3.16. The summed E-state index contributed by atoms with van der Waals surface area (Å²) < 4.78 is 4.08. The highest BCUT2D eigenvalue weighted by molar-refractivity contribution is 7.07. The summed E-state index contributed by atoms with van der Waals surface area (Å²) in [5, 5.41) is 9.27. The van der Waals surface area contributed by atoms with E-state index < -0.39 is 0 Å². The Morgan fingerprint density at radius 1 is 1.50 bits per heavy atom. The predicted octanol–water partition coefficient (Wildman–Crippen LogP) is 2.15. The Balaban J connectivity index is 2.96. The van der Waals surface area contributed by atoms with E-state index in [9.17, 15) is 0 Å². The number of aromatic nitrogens is 1. The maximum absolute atomic E-state index is 8.97. The Morgan fingerprint density at radius 2 is 2.10 bits per heavy atom. The maximum atomic E-state index is 8.97. The molecular weight excluding hydrogens is 146 g/mol. The molecule has 0 fully saturated rings. The zero-order chi connectivity index (χ0) is 7.78. The van der Waals surface area contributed by atoms with Gasteiger partial charge in [0.05, 0.1) is 5.69 Å². The second kappa shape index (κ2) is 2.23. The van der Waals surface area contributed by atoms with Gasteiger partial charge >= 0.3 is 0 Å². The summed E-state index contributed by atoms with van der Waals surface area (Å²) in [4.78, 5) is 0. The van der Waals surface area contributed by atoms with Crippen LogP contribution in [-0.2, 0) is 5.41 Å². The van der Waals surface area contributed by atoms with Crippen LogP contribution in [0, 0.1) is 0 Å². The first-order chi connectivity index (χ1) is 4.50. The third-order valence-electron chi connectivity index (χ3n) is 1.27. The van der Waals surface area contributed by atoms with Crippen LogP contribution in [0.5, 0.6) is 5.06 Å². The van der Waals surface area contributed by atoms with Crippen LogP contribution in [0.15, 0.2) is 6.07 Å². The zero-order valence-electron chi connectivity index (χ0n) is 6.38. The van der Waals surface area contributed by atoms with Gasteiger partial charge in [-0.2, -0.15) is 4.37 Å². The first kappa shape index (κ1) is 7.54. The minimum atomic E-state index is 0.0531. The topological polar surface area (TPSA) is 33.1 Å². The molecule has 0 spiro atoms. The molecular formula is C7H11NOS. The van der Waals surface area contributed by atoms with Crippen LogP contribution in [0.2, 0.25) is 0 Å². The lowest BCUT2D eigenvalue weighted by Crippen LogP contribution is -2.10. The summed E-state index contributed by atoms with van der Waals surface area (Å²) >= 11 is 1.14. The fraction of sp³-hybridized carbons (Fsp3) is 0.571. The molecule has 0 radical (unpaired) electrons. The van der Waals surface area contributed by atoms with Crippen LogP contribution in [0.4, 0.5) is 0 Å². The standard InChI is InChI=1S/C7H11NOS/c1-7(2,3)5-4-6(9)10-8-5/h4,9H,1-3H3. The van der Waals surface area contributed by atoms with Crippen LogP contribution >= 0.6 is 11.5 Å². The molecule has 0 aliphatic heterocycles. The SMILES string of the molecule is CC(C)(C)c1cc(O)sn1. The molecule has 0 aliphatic rings. The van der Waals surface area contributed by atoms with Crippen molar-refractivity contribution in [1.82, 2.24) is 4.37 Å². The summed E-state index contributed by atoms with van der Waals surface area (Å²) in [5.74, 6) is 0. The average Bonchev–Trinajstić information content (AvgIpc) is 2.11. The average molecular weight is 157 g/mol. The number of nitrogens with zero attached hydrogens (tertiary/aromatic N) is 1. The highest BCUT2D eigenvalue weighted by Gasteiger charge is 2.16. The lowest BCUT2D eigenvalue weighted by molar-refractivity contribution is 0.488. The molecule has 0 saturated heterocycles. The normalized spacial score (nSPS) is 11.9. The van der Waals surface area contributed by atoms with E-state index in [0.717, 1.165) is 17.2 Å². The molecule has 0 unspecified atom stereocenters. The fourth-order valence-corrected chi connectivity index (χ4v) is 1.30. The van der Waals surface area contributed by atoms with E-state index in [-0.39, 0.29) is 5.41 Å². The Hall–Kier alpha value is -0.570. The first-order valence-corrected chi connectivity index (χ1v) is 3.93. The summed E-state index contributed by atoms with van der Waals surface area (Å²) in [6.45, 7) is 6.21. The van der Waals surface area contributed by atoms with Crippen molar-refractivity contribution in [3.8, 4) is 5.06 Å². The van der Waals surface area contributed by atoms with Crippen molar-refractivity contribution in [3.63, 3.8) is 0 Å². The Kier molecular flexibility index (Phi) is 1.68. The Bertz CT molecular complexity index is 224. The van der Waals surface area contributed by atoms with Gasteiger partial charge in [0.1, 0.15) is 0 Å². The van der Waals surface area contributed by atoms with Crippen molar-refractivity contribution >= 4 is 11.5 Å². The molecule has 1 rings (SSSR count). The quantitative estimate of drug-likeness (QED) is 0.626. The van der Waals surface area contributed by atoms with Crippen molar-refractivity contribution in [1.29, 1.82) is 0 Å². The van der Waals surface area contributed by atoms with Gasteiger partial charge in [-0.25, -0.2) is 0 Å². The van der Waals surface area contributed by atoms with E-state index in [1.807, 2.05) is 0 Å². The molecule has 0 amide bonds. The highest BCUT2D eigenvalue weighted by Crippen LogP contribution is 2.26. The van der Waals surface area contributed by atoms with Gasteiger partial charge in [-0.15, -0.1) is 0 Å². The van der Waals surface area contributed by atoms with Gasteiger partial charge in [0.25, 0.3) is 0 Å². The van der Waals surface area contributed by atoms with Crippen molar-refractivity contribution in [2.75, 3.05) is 0 Å². The molecule has 0 saturated carbocycles. The van der Waals surface area contributed by atoms with Crippen LogP contribution in [-0.4, -0.2) is 9.48 Å². The molecule has 3 heteroatoms. The largest absolute Gasteiger partial charge is 0.498 e. The predicted molar refractivity (Wildman–Crippen MR) is 42.5 cm³/mol. The van der Waals surface area contributed by atoms with Crippen molar-refractivity contribution < 1.29 is 5.11 Å². The second-order valence-electron chi connectivity index (χ2n) is 3.30. The van der Waals surface area contributed by atoms with Gasteiger partial charge < -0.3 is 5.11 Å². The van der Waals surface area contributed by atoms with Crippen LogP contribution in [0.25, 0.3) is 0 Å². The second-order valence-corrected chi connectivity index (χ2v) is 4.08. The van der Waals surface area contributed by atoms with E-state index in [1.165, 1.54) is 0 Å². The molecule has 10 heavy (non-hydrogen) atoms. The lowest BCUT2D eigenvalue weighted by atomic mass is 9.93. The van der Waals surface area contributed by atoms with Crippen LogP contribution < -0.4 is 0 Å². The third kappa shape index (κ3) is 1.48. The third-order valence-corrected chi connectivity index (χ3v) is 1.86. The minimum Gasteiger partial charge on any atom is -0.498 e. The summed E-state index contributed by atoms with van der Waals surface area (Å²) in [6, 6.07) is 1.71. The number of hydrogen-bond acceptors (Lipinski definition) is 3. The van der Waals surface area contributed by atoms with Crippen LogP contribution in [0.3, 0.4) is 0 Å². The Morgan fingerprint density at radius 3 is 2.30 bits per heavy atom. The van der Waals surface area contributed by atoms with Crippen molar-refractivity contribution in [2.24, 2.45) is 0 Å². The van der Waals surface area contributed by atoms with Gasteiger partial charge in [-0.3, -0.25) is 0 Å². The molecule has 2 nitrogen and oxygen atoms in total. The molecule has 0 aromatic carbocycles. The van der Waals surface area contributed by atoms with Crippen molar-refractivity contribution in [2.45, 2.75) is 26.2 Å². The summed E-state index contributed by atoms with van der Waals surface area (Å²) in [6.07, 6.45) is 0. The van der Waals surface area contributed by atoms with Gasteiger partial charge in [-0.05, 0) is 0 Å². The van der Waals surface area contributed by atoms with E-state index in [4.69, 9.17) is 5.11 Å². The van der Waals surface area contributed by atoms with E-state index in [0.29, 0.717) is 5.06 Å². The molecule has 0 atom stereocenters. The number of rotatable bonds is 0. The smallest absolute Gasteiger partial charge is 0.191 e. The van der Waals surface area contributed by atoms with Gasteiger partial charge in [0, 0.05) is 23.0 Å². The molecule has 0 aliphatic carbocycles. The number of hydrogen-bond donors (Lipinski definition) is 1. The van der Waals surface area contributed by atoms with Gasteiger partial charge in [0.15, 0.2) is 5.06 Å². The highest BCUT2D eigenvalue weighted by atomic mass is 32.1. The number of aromatic hydroxyl groups is 1. The molecule has 1 aromatic heterocycles. The van der Waals surface area contributed by atoms with Gasteiger partial charge in [0.2, 0.25) is 0 Å². The molecule has 56 valence electrons. The zero-order valence-corrected chi connectivity index (χ0v) is 7.20. The van der Waals surface area contributed by atoms with E-state index >= 15 is 0 Å². The summed E-state index contributed by atoms with van der Waals surface area (Å²) in [7, 11) is 0. The lowest BCUT2D eigenvalue weighted by Gasteiger charge is -2.13. The minimum absolute atomic E-state index is 0.0531. The maximum Gasteiger partial charge on any atom is 0.191 e. The molecule has 1 aromatic rings. The Labute approximate surface area is 64.7 Å². The fourth-order valence-electron chi connectivity index (χ4n) is 0.619. The van der Waals surface area contributed by atoms with Crippen LogP contribution in [0.1, 0.15) is 26.5 Å². The van der Waals surface area contributed by atoms with E-state index in [2.05, 4.69) is 25.1 Å². The molecule has 1 heterocycles. The summed E-state index contributed by atoms with van der Waals surface area (Å²) in [5.41, 5.74) is 1.01. The monoisotopic (exact) mass is 157 g/mol. The van der Waals surface area contributed by atoms with Gasteiger partial charge in [-0.1, -0.05) is 20.8 Å². The molecule has 0 bridgehead atoms. The van der Waals surface area contributed by atoms with E-state index in [1.54, 1.807) is 6.07 Å². The molecule has 1 N–H and O–H groups in total.